The third-order valence-electron chi connectivity index (χ3n) is 4.89. The highest BCUT2D eigenvalue weighted by Crippen LogP contribution is 2.27. The van der Waals surface area contributed by atoms with Crippen molar-refractivity contribution in [1.29, 1.82) is 0 Å². The van der Waals surface area contributed by atoms with E-state index in [4.69, 9.17) is 5.73 Å². The maximum Gasteiger partial charge on any atom is 0.431 e. The van der Waals surface area contributed by atoms with E-state index in [2.05, 4.69) is 20.9 Å². The van der Waals surface area contributed by atoms with Gasteiger partial charge in [-0.2, -0.15) is 13.2 Å². The van der Waals surface area contributed by atoms with E-state index >= 15 is 0 Å². The van der Waals surface area contributed by atoms with Gasteiger partial charge in [0.05, 0.1) is 11.3 Å². The van der Waals surface area contributed by atoms with Gasteiger partial charge in [0.15, 0.2) is 0 Å². The fourth-order valence-corrected chi connectivity index (χ4v) is 2.92. The van der Waals surface area contributed by atoms with Crippen LogP contribution in [0.25, 0.3) is 0 Å². The van der Waals surface area contributed by atoms with Crippen molar-refractivity contribution in [2.45, 2.75) is 25.9 Å². The summed E-state index contributed by atoms with van der Waals surface area (Å²) >= 11 is 0. The van der Waals surface area contributed by atoms with Crippen LogP contribution < -0.4 is 21.7 Å². The first-order chi connectivity index (χ1) is 14.1. The zero-order valence-electron chi connectivity index (χ0n) is 16.7. The molecular weight excluding hydrogens is 399 g/mol. The van der Waals surface area contributed by atoms with Gasteiger partial charge in [0, 0.05) is 24.7 Å². The summed E-state index contributed by atoms with van der Waals surface area (Å²) in [6.45, 7) is 3.39. The molecule has 0 unspecified atom stereocenters. The van der Waals surface area contributed by atoms with Gasteiger partial charge in [-0.1, -0.05) is 25.1 Å². The largest absolute Gasteiger partial charge is 0.431 e. The minimum atomic E-state index is -4.88. The van der Waals surface area contributed by atoms with Gasteiger partial charge in [-0.05, 0) is 38.1 Å². The summed E-state index contributed by atoms with van der Waals surface area (Å²) in [6.07, 6.45) is -2.71. The van der Waals surface area contributed by atoms with Crippen LogP contribution in [0, 0.1) is 5.41 Å². The molecule has 1 fully saturated rings. The lowest BCUT2D eigenvalue weighted by atomic mass is 9.80. The first-order valence-corrected chi connectivity index (χ1v) is 9.57. The molecule has 1 aliphatic heterocycles. The Balaban J connectivity index is 1.97. The number of hydrogen-bond donors (Lipinski definition) is 4. The standard InChI is InChI=1S/C20H26F3N5O2/c1-19(7-9-25-10-8-19)18(30)27-12-11-26-17(29)15(16(24)20(21,22)23)13-28-14-5-3-2-4-6-14/h2-6,13,25H,7-12,24H2,1H3,(H,26,29)(H,27,30). The topological polar surface area (TPSA) is 109 Å². The number of halogens is 3. The van der Waals surface area contributed by atoms with E-state index in [0.29, 0.717) is 18.5 Å². The van der Waals surface area contributed by atoms with Crippen LogP contribution in [0.5, 0.6) is 0 Å². The molecule has 0 aliphatic carbocycles. The second kappa shape index (κ2) is 10.2. The molecule has 1 heterocycles. The van der Waals surface area contributed by atoms with Crippen LogP contribution in [-0.2, 0) is 9.59 Å². The molecule has 0 radical (unpaired) electrons. The average Bonchev–Trinajstić information content (AvgIpc) is 2.71. The number of amides is 2. The number of benzene rings is 1. The summed E-state index contributed by atoms with van der Waals surface area (Å²) < 4.78 is 39.1. The number of nitrogens with zero attached hydrogens (tertiary/aromatic N) is 1. The molecule has 0 aromatic heterocycles. The summed E-state index contributed by atoms with van der Waals surface area (Å²) in [5.41, 5.74) is 2.71. The van der Waals surface area contributed by atoms with Gasteiger partial charge in [0.1, 0.15) is 5.70 Å². The molecular formula is C20H26F3N5O2. The predicted octanol–water partition coefficient (Wildman–Crippen LogP) is 1.79. The molecule has 10 heteroatoms. The third kappa shape index (κ3) is 6.58. The van der Waals surface area contributed by atoms with E-state index in [1.54, 1.807) is 30.3 Å². The number of nitrogens with one attached hydrogen (secondary N) is 3. The van der Waals surface area contributed by atoms with Crippen LogP contribution in [0.2, 0.25) is 0 Å². The van der Waals surface area contributed by atoms with Crippen LogP contribution in [0.4, 0.5) is 18.9 Å². The molecule has 0 saturated carbocycles. The van der Waals surface area contributed by atoms with Gasteiger partial charge in [0.2, 0.25) is 5.91 Å². The number of para-hydroxylation sites is 1. The number of piperidine rings is 1. The van der Waals surface area contributed by atoms with Crippen LogP contribution in [-0.4, -0.2) is 50.4 Å². The molecule has 164 valence electrons. The zero-order chi connectivity index (χ0) is 22.2. The Kier molecular flexibility index (Phi) is 7.99. The van der Waals surface area contributed by atoms with Crippen molar-refractivity contribution in [3.8, 4) is 0 Å². The Morgan fingerprint density at radius 3 is 2.37 bits per heavy atom. The number of carbonyl (C=O) groups excluding carboxylic acids is 2. The Morgan fingerprint density at radius 2 is 1.77 bits per heavy atom. The Labute approximate surface area is 173 Å². The summed E-state index contributed by atoms with van der Waals surface area (Å²) in [7, 11) is 0. The average molecular weight is 425 g/mol. The third-order valence-corrected chi connectivity index (χ3v) is 4.89. The fraction of sp³-hybridized carbons (Fsp3) is 0.450. The minimum Gasteiger partial charge on any atom is -0.394 e. The van der Waals surface area contributed by atoms with Crippen LogP contribution >= 0.6 is 0 Å². The monoisotopic (exact) mass is 425 g/mol. The number of carbonyl (C=O) groups is 2. The van der Waals surface area contributed by atoms with Crippen LogP contribution in [0.15, 0.2) is 46.6 Å². The van der Waals surface area contributed by atoms with Crippen molar-refractivity contribution in [2.75, 3.05) is 26.2 Å². The van der Waals surface area contributed by atoms with Crippen LogP contribution in [0.3, 0.4) is 0 Å². The predicted molar refractivity (Wildman–Crippen MR) is 108 cm³/mol. The molecule has 1 aliphatic rings. The Hall–Kier alpha value is -2.88. The quantitative estimate of drug-likeness (QED) is 0.303. The first-order valence-electron chi connectivity index (χ1n) is 9.57. The number of rotatable bonds is 7. The van der Waals surface area contributed by atoms with Crippen molar-refractivity contribution >= 4 is 23.7 Å². The molecule has 2 rings (SSSR count). The van der Waals surface area contributed by atoms with Crippen molar-refractivity contribution in [2.24, 2.45) is 16.1 Å². The van der Waals surface area contributed by atoms with Crippen molar-refractivity contribution in [1.82, 2.24) is 16.0 Å². The van der Waals surface area contributed by atoms with Gasteiger partial charge in [0.25, 0.3) is 5.91 Å². The van der Waals surface area contributed by atoms with E-state index in [9.17, 15) is 22.8 Å². The summed E-state index contributed by atoms with van der Waals surface area (Å²) in [4.78, 5) is 28.5. The molecule has 5 N–H and O–H groups in total. The highest BCUT2D eigenvalue weighted by Gasteiger charge is 2.36. The molecule has 1 saturated heterocycles. The van der Waals surface area contributed by atoms with E-state index in [0.717, 1.165) is 19.3 Å². The highest BCUT2D eigenvalue weighted by atomic mass is 19.4. The summed E-state index contributed by atoms with van der Waals surface area (Å²) in [6, 6.07) is 8.20. The number of nitrogens with two attached hydrogens (primary N) is 1. The normalized spacial score (nSPS) is 17.3. The summed E-state index contributed by atoms with van der Waals surface area (Å²) in [5.74, 6) is -1.17. The Morgan fingerprint density at radius 1 is 1.17 bits per heavy atom. The number of aliphatic imine (C=N–C) groups is 1. The Bertz CT molecular complexity index is 800. The first kappa shape index (κ1) is 23.4. The van der Waals surface area contributed by atoms with E-state index in [1.807, 2.05) is 6.92 Å². The second-order valence-electron chi connectivity index (χ2n) is 7.24. The second-order valence-corrected chi connectivity index (χ2v) is 7.24. The lowest BCUT2D eigenvalue weighted by Gasteiger charge is -2.32. The van der Waals surface area contributed by atoms with Crippen molar-refractivity contribution < 1.29 is 22.8 Å². The minimum absolute atomic E-state index is 0.0489. The van der Waals surface area contributed by atoms with Gasteiger partial charge in [-0.3, -0.25) is 14.6 Å². The maximum absolute atomic E-state index is 13.0. The molecule has 0 bridgehead atoms. The van der Waals surface area contributed by atoms with Gasteiger partial charge < -0.3 is 21.7 Å². The van der Waals surface area contributed by atoms with Gasteiger partial charge in [-0.25, -0.2) is 0 Å². The molecule has 0 atom stereocenters. The van der Waals surface area contributed by atoms with Crippen molar-refractivity contribution in [3.05, 3.63) is 41.6 Å². The highest BCUT2D eigenvalue weighted by molar-refractivity contribution is 6.13. The van der Waals surface area contributed by atoms with Crippen molar-refractivity contribution in [3.63, 3.8) is 0 Å². The molecule has 1 aromatic rings. The smallest absolute Gasteiger partial charge is 0.394 e. The molecule has 30 heavy (non-hydrogen) atoms. The van der Waals surface area contributed by atoms with Gasteiger partial charge in [-0.15, -0.1) is 0 Å². The SMILES string of the molecule is CC1(C(=O)NCCNC(=O)C(C=Nc2ccccc2)=C(N)C(F)(F)F)CCNCC1. The lowest BCUT2D eigenvalue weighted by molar-refractivity contribution is -0.131. The number of hydrogen-bond acceptors (Lipinski definition) is 5. The van der Waals surface area contributed by atoms with Crippen LogP contribution in [0.1, 0.15) is 19.8 Å². The molecule has 1 aromatic carbocycles. The number of alkyl halides is 3. The number of allylic oxidation sites excluding steroid dienone is 1. The summed E-state index contributed by atoms with van der Waals surface area (Å²) in [5, 5.41) is 8.25. The molecule has 7 nitrogen and oxygen atoms in total. The van der Waals surface area contributed by atoms with Gasteiger partial charge >= 0.3 is 6.18 Å². The molecule has 2 amide bonds. The van der Waals surface area contributed by atoms with E-state index in [-0.39, 0.29) is 19.0 Å². The van der Waals surface area contributed by atoms with E-state index < -0.39 is 28.8 Å². The fourth-order valence-electron chi connectivity index (χ4n) is 2.92. The van der Waals surface area contributed by atoms with E-state index in [1.165, 1.54) is 0 Å². The lowest BCUT2D eigenvalue weighted by Crippen LogP contribution is -2.47. The zero-order valence-corrected chi connectivity index (χ0v) is 16.7. The maximum atomic E-state index is 13.0. The molecule has 0 spiro atoms.